The van der Waals surface area contributed by atoms with Crippen LogP contribution < -0.4 is 10.6 Å². The standard InChI is InChI=1S/C14H16F2N4O2.ClH/c15-14(16)22-10-4-12(18-7-10)13(21)19-6-9-3-8-5-17-2-1-11(8)20-9;/h1-3,5,10,12,14,18,20H,4,6-7H2,(H,19,21);1H/t10-,12+;/m1./s1. The van der Waals surface area contributed by atoms with Crippen LogP contribution in [-0.4, -0.2) is 41.2 Å². The van der Waals surface area contributed by atoms with Gasteiger partial charge in [-0.1, -0.05) is 0 Å². The molecular formula is C14H17ClF2N4O2. The maximum absolute atomic E-state index is 12.1. The van der Waals surface area contributed by atoms with Gasteiger partial charge in [-0.25, -0.2) is 0 Å². The van der Waals surface area contributed by atoms with Crippen molar-refractivity contribution in [3.8, 4) is 0 Å². The van der Waals surface area contributed by atoms with Crippen LogP contribution in [0.1, 0.15) is 12.1 Å². The van der Waals surface area contributed by atoms with E-state index in [4.69, 9.17) is 0 Å². The highest BCUT2D eigenvalue weighted by Crippen LogP contribution is 2.15. The number of hydrogen-bond acceptors (Lipinski definition) is 4. The quantitative estimate of drug-likeness (QED) is 0.768. The van der Waals surface area contributed by atoms with Crippen molar-refractivity contribution in [1.82, 2.24) is 20.6 Å². The molecule has 2 atom stereocenters. The number of H-pyrrole nitrogens is 1. The first-order valence-electron chi connectivity index (χ1n) is 6.98. The molecule has 0 aliphatic carbocycles. The van der Waals surface area contributed by atoms with Crippen LogP contribution in [0.15, 0.2) is 24.5 Å². The van der Waals surface area contributed by atoms with Gasteiger partial charge in [-0.15, -0.1) is 12.4 Å². The molecule has 0 unspecified atom stereocenters. The third-order valence-electron chi connectivity index (χ3n) is 3.63. The van der Waals surface area contributed by atoms with Gasteiger partial charge < -0.3 is 20.4 Å². The molecule has 2 aromatic rings. The Morgan fingerprint density at radius 1 is 1.52 bits per heavy atom. The number of aromatic amines is 1. The summed E-state index contributed by atoms with van der Waals surface area (Å²) in [5.41, 5.74) is 1.80. The first kappa shape index (κ1) is 17.6. The third-order valence-corrected chi connectivity index (χ3v) is 3.63. The van der Waals surface area contributed by atoms with Gasteiger partial charge in [-0.2, -0.15) is 8.78 Å². The number of nitrogens with zero attached hydrogens (tertiary/aromatic N) is 1. The van der Waals surface area contributed by atoms with Crippen LogP contribution in [0.5, 0.6) is 0 Å². The van der Waals surface area contributed by atoms with Gasteiger partial charge >= 0.3 is 6.61 Å². The van der Waals surface area contributed by atoms with E-state index in [1.165, 1.54) is 0 Å². The fourth-order valence-electron chi connectivity index (χ4n) is 2.59. The Morgan fingerprint density at radius 2 is 2.35 bits per heavy atom. The molecule has 0 saturated carbocycles. The summed E-state index contributed by atoms with van der Waals surface area (Å²) in [4.78, 5) is 19.2. The highest BCUT2D eigenvalue weighted by molar-refractivity contribution is 5.85. The van der Waals surface area contributed by atoms with E-state index in [9.17, 15) is 13.6 Å². The summed E-state index contributed by atoms with van der Waals surface area (Å²) < 4.78 is 28.7. The summed E-state index contributed by atoms with van der Waals surface area (Å²) in [6.07, 6.45) is 3.04. The number of carbonyl (C=O) groups excluding carboxylic acids is 1. The maximum Gasteiger partial charge on any atom is 0.345 e. The minimum absolute atomic E-state index is 0. The zero-order valence-corrected chi connectivity index (χ0v) is 12.9. The highest BCUT2D eigenvalue weighted by atomic mass is 35.5. The van der Waals surface area contributed by atoms with Crippen LogP contribution in [0.2, 0.25) is 0 Å². The molecule has 126 valence electrons. The number of pyridine rings is 1. The van der Waals surface area contributed by atoms with Gasteiger partial charge in [0.15, 0.2) is 0 Å². The number of hydrogen-bond donors (Lipinski definition) is 3. The lowest BCUT2D eigenvalue weighted by Crippen LogP contribution is -2.40. The summed E-state index contributed by atoms with van der Waals surface area (Å²) >= 11 is 0. The molecular weight excluding hydrogens is 330 g/mol. The Hall–Kier alpha value is -1.77. The van der Waals surface area contributed by atoms with Gasteiger partial charge in [0.1, 0.15) is 0 Å². The van der Waals surface area contributed by atoms with Crippen LogP contribution in [-0.2, 0) is 16.1 Å². The molecule has 0 radical (unpaired) electrons. The second-order valence-electron chi connectivity index (χ2n) is 5.19. The van der Waals surface area contributed by atoms with Crippen molar-refractivity contribution in [2.75, 3.05) is 6.54 Å². The van der Waals surface area contributed by atoms with Crippen molar-refractivity contribution in [1.29, 1.82) is 0 Å². The summed E-state index contributed by atoms with van der Waals surface area (Å²) in [6.45, 7) is -2.22. The molecule has 0 spiro atoms. The molecule has 0 aromatic carbocycles. The fraction of sp³-hybridized carbons (Fsp3) is 0.429. The summed E-state index contributed by atoms with van der Waals surface area (Å²) in [6, 6.07) is 3.26. The molecule has 23 heavy (non-hydrogen) atoms. The largest absolute Gasteiger partial charge is 0.357 e. The van der Waals surface area contributed by atoms with Gasteiger partial charge in [0.2, 0.25) is 5.91 Å². The number of amides is 1. The second-order valence-corrected chi connectivity index (χ2v) is 5.19. The maximum atomic E-state index is 12.1. The number of fused-ring (bicyclic) bond motifs is 1. The van der Waals surface area contributed by atoms with Crippen molar-refractivity contribution in [2.45, 2.75) is 31.7 Å². The van der Waals surface area contributed by atoms with Crippen LogP contribution >= 0.6 is 12.4 Å². The predicted octanol–water partition coefficient (Wildman–Crippen LogP) is 1.57. The average molecular weight is 347 g/mol. The normalized spacial score (nSPS) is 20.7. The molecule has 1 fully saturated rings. The minimum atomic E-state index is -2.81. The minimum Gasteiger partial charge on any atom is -0.357 e. The number of ether oxygens (including phenoxy) is 1. The van der Waals surface area contributed by atoms with Crippen molar-refractivity contribution >= 4 is 29.2 Å². The molecule has 1 amide bonds. The first-order valence-corrected chi connectivity index (χ1v) is 6.98. The molecule has 3 rings (SSSR count). The molecule has 1 aliphatic rings. The zero-order valence-electron chi connectivity index (χ0n) is 12.1. The molecule has 1 aliphatic heterocycles. The Bertz CT molecular complexity index is 634. The fourth-order valence-corrected chi connectivity index (χ4v) is 2.59. The van der Waals surface area contributed by atoms with E-state index in [1.807, 2.05) is 12.1 Å². The predicted molar refractivity (Wildman–Crippen MR) is 82.5 cm³/mol. The van der Waals surface area contributed by atoms with Crippen molar-refractivity contribution in [3.63, 3.8) is 0 Å². The van der Waals surface area contributed by atoms with Crippen molar-refractivity contribution < 1.29 is 18.3 Å². The summed E-state index contributed by atoms with van der Waals surface area (Å²) in [5, 5.41) is 6.63. The van der Waals surface area contributed by atoms with E-state index >= 15 is 0 Å². The number of halogens is 3. The lowest BCUT2D eigenvalue weighted by Gasteiger charge is -2.11. The van der Waals surface area contributed by atoms with Crippen molar-refractivity contribution in [3.05, 3.63) is 30.2 Å². The Labute approximate surface area is 137 Å². The van der Waals surface area contributed by atoms with E-state index < -0.39 is 18.8 Å². The number of alkyl halides is 2. The number of aromatic nitrogens is 2. The van der Waals surface area contributed by atoms with E-state index in [0.717, 1.165) is 16.6 Å². The van der Waals surface area contributed by atoms with Gasteiger partial charge in [0, 0.05) is 35.5 Å². The first-order chi connectivity index (χ1) is 10.6. The monoisotopic (exact) mass is 346 g/mol. The molecule has 1 saturated heterocycles. The second kappa shape index (κ2) is 7.67. The van der Waals surface area contributed by atoms with Gasteiger partial charge in [-0.05, 0) is 18.6 Å². The highest BCUT2D eigenvalue weighted by Gasteiger charge is 2.31. The van der Waals surface area contributed by atoms with Crippen LogP contribution in [0, 0.1) is 0 Å². The molecule has 2 aromatic heterocycles. The number of carbonyl (C=O) groups is 1. The molecule has 6 nitrogen and oxygen atoms in total. The average Bonchev–Trinajstić information content (AvgIpc) is 3.10. The lowest BCUT2D eigenvalue weighted by molar-refractivity contribution is -0.157. The van der Waals surface area contributed by atoms with Gasteiger partial charge in [0.25, 0.3) is 0 Å². The van der Waals surface area contributed by atoms with Crippen LogP contribution in [0.4, 0.5) is 8.78 Å². The number of nitrogens with one attached hydrogen (secondary N) is 3. The topological polar surface area (TPSA) is 79.0 Å². The van der Waals surface area contributed by atoms with Gasteiger partial charge in [0.05, 0.1) is 18.7 Å². The smallest absolute Gasteiger partial charge is 0.345 e. The Balaban J connectivity index is 0.00000192. The zero-order chi connectivity index (χ0) is 15.5. The SMILES string of the molecule is Cl.O=C(NCc1cc2cnccc2[nH]1)[C@@H]1C[C@@H](OC(F)F)CN1. The van der Waals surface area contributed by atoms with E-state index in [-0.39, 0.29) is 31.3 Å². The molecule has 3 heterocycles. The van der Waals surface area contributed by atoms with Crippen LogP contribution in [0.3, 0.4) is 0 Å². The third kappa shape index (κ3) is 4.37. The number of rotatable bonds is 5. The van der Waals surface area contributed by atoms with Crippen molar-refractivity contribution in [2.24, 2.45) is 0 Å². The Kier molecular flexibility index (Phi) is 5.86. The lowest BCUT2D eigenvalue weighted by atomic mass is 10.2. The molecule has 9 heteroatoms. The molecule has 0 bridgehead atoms. The molecule has 3 N–H and O–H groups in total. The summed E-state index contributed by atoms with van der Waals surface area (Å²) in [7, 11) is 0. The van der Waals surface area contributed by atoms with E-state index in [2.05, 4.69) is 25.3 Å². The summed E-state index contributed by atoms with van der Waals surface area (Å²) in [5.74, 6) is -0.225. The Morgan fingerprint density at radius 3 is 3.09 bits per heavy atom. The van der Waals surface area contributed by atoms with Gasteiger partial charge in [-0.3, -0.25) is 9.78 Å². The van der Waals surface area contributed by atoms with E-state index in [1.54, 1.807) is 12.4 Å². The van der Waals surface area contributed by atoms with Crippen LogP contribution in [0.25, 0.3) is 10.9 Å². The van der Waals surface area contributed by atoms with E-state index in [0.29, 0.717) is 6.54 Å².